The summed E-state index contributed by atoms with van der Waals surface area (Å²) in [6, 6.07) is 59.0. The number of rotatable bonds is 3. The molecule has 2 heterocycles. The van der Waals surface area contributed by atoms with E-state index in [1.807, 2.05) is 6.07 Å². The van der Waals surface area contributed by atoms with E-state index in [0.29, 0.717) is 0 Å². The Morgan fingerprint density at radius 3 is 1.87 bits per heavy atom. The van der Waals surface area contributed by atoms with E-state index in [1.165, 1.54) is 76.9 Å². The van der Waals surface area contributed by atoms with E-state index in [1.54, 1.807) is 0 Å². The molecule has 0 fully saturated rings. The molecule has 2 heteroatoms. The van der Waals surface area contributed by atoms with Crippen LogP contribution in [0.3, 0.4) is 0 Å². The number of hydrogen-bond acceptors (Lipinski definition) is 1. The van der Waals surface area contributed by atoms with Crippen LogP contribution >= 0.6 is 0 Å². The van der Waals surface area contributed by atoms with Crippen LogP contribution < -0.4 is 4.74 Å². The van der Waals surface area contributed by atoms with E-state index < -0.39 is 0 Å². The van der Waals surface area contributed by atoms with Crippen molar-refractivity contribution in [3.05, 3.63) is 164 Å². The van der Waals surface area contributed by atoms with E-state index in [-0.39, 0.29) is 0 Å². The first kappa shape index (κ1) is 25.2. The number of fused-ring (bicyclic) bond motifs is 6. The van der Waals surface area contributed by atoms with Gasteiger partial charge in [-0.05, 0) is 86.4 Å². The van der Waals surface area contributed by atoms with Crippen molar-refractivity contribution in [2.75, 3.05) is 0 Å². The second-order valence-corrected chi connectivity index (χ2v) is 12.1. The van der Waals surface area contributed by atoms with Crippen LogP contribution in [0.1, 0.15) is 0 Å². The molecule has 214 valence electrons. The Bertz CT molecular complexity index is 2660. The quantitative estimate of drug-likeness (QED) is 0.201. The lowest BCUT2D eigenvalue weighted by Crippen LogP contribution is -1.98. The zero-order valence-corrected chi connectivity index (χ0v) is 24.9. The van der Waals surface area contributed by atoms with Crippen LogP contribution in [0.15, 0.2) is 164 Å². The van der Waals surface area contributed by atoms with Crippen LogP contribution in [0.2, 0.25) is 0 Å². The maximum absolute atomic E-state index is 6.42. The van der Waals surface area contributed by atoms with Gasteiger partial charge in [0, 0.05) is 27.4 Å². The predicted octanol–water partition coefficient (Wildman–Crippen LogP) is 12.2. The van der Waals surface area contributed by atoms with Crippen molar-refractivity contribution >= 4 is 43.4 Å². The third-order valence-corrected chi connectivity index (χ3v) is 9.59. The Morgan fingerprint density at radius 1 is 0.348 bits per heavy atom. The van der Waals surface area contributed by atoms with Crippen LogP contribution in [0.4, 0.5) is 0 Å². The molecule has 0 unspecified atom stereocenters. The summed E-state index contributed by atoms with van der Waals surface area (Å²) in [5, 5.41) is 7.37. The molecule has 1 aromatic heterocycles. The van der Waals surface area contributed by atoms with Crippen molar-refractivity contribution in [3.8, 4) is 50.6 Å². The molecule has 0 radical (unpaired) electrons. The van der Waals surface area contributed by atoms with Crippen LogP contribution in [0.25, 0.3) is 82.4 Å². The summed E-state index contributed by atoms with van der Waals surface area (Å²) in [4.78, 5) is 0. The molecule has 0 amide bonds. The SMILES string of the molecule is c1ccc(-n2c3ccccc3c3cc4cccc(-c5ccccc5-c5ccc6c7c(cccc57)-c5ccccc5O6)c4cc32)cc1. The summed E-state index contributed by atoms with van der Waals surface area (Å²) in [6.45, 7) is 0. The van der Waals surface area contributed by atoms with E-state index >= 15 is 0 Å². The fraction of sp³-hybridized carbons (Fsp3) is 0. The Labute approximate surface area is 266 Å². The predicted molar refractivity (Wildman–Crippen MR) is 192 cm³/mol. The minimum atomic E-state index is 0.908. The van der Waals surface area contributed by atoms with Crippen LogP contribution in [0.5, 0.6) is 11.5 Å². The monoisotopic (exact) mass is 585 g/mol. The molecule has 46 heavy (non-hydrogen) atoms. The van der Waals surface area contributed by atoms with Gasteiger partial charge in [-0.25, -0.2) is 0 Å². The van der Waals surface area contributed by atoms with Gasteiger partial charge in [0.05, 0.1) is 11.0 Å². The molecule has 0 atom stereocenters. The van der Waals surface area contributed by atoms with Crippen molar-refractivity contribution in [1.82, 2.24) is 4.57 Å². The Balaban J connectivity index is 1.24. The van der Waals surface area contributed by atoms with Crippen molar-refractivity contribution in [1.29, 1.82) is 0 Å². The Hall–Kier alpha value is -6.12. The molecule has 2 nitrogen and oxygen atoms in total. The molecule has 10 rings (SSSR count). The van der Waals surface area contributed by atoms with Gasteiger partial charge in [-0.15, -0.1) is 0 Å². The highest BCUT2D eigenvalue weighted by Crippen LogP contribution is 2.49. The molecule has 0 spiro atoms. The van der Waals surface area contributed by atoms with Gasteiger partial charge < -0.3 is 9.30 Å². The highest BCUT2D eigenvalue weighted by Gasteiger charge is 2.22. The lowest BCUT2D eigenvalue weighted by atomic mass is 9.87. The van der Waals surface area contributed by atoms with Crippen LogP contribution in [0, 0.1) is 0 Å². The summed E-state index contributed by atoms with van der Waals surface area (Å²) in [5.41, 5.74) is 10.8. The normalized spacial score (nSPS) is 12.1. The summed E-state index contributed by atoms with van der Waals surface area (Å²) >= 11 is 0. The average Bonchev–Trinajstić information content (AvgIpc) is 3.44. The third-order valence-electron chi connectivity index (χ3n) is 9.59. The van der Waals surface area contributed by atoms with Crippen molar-refractivity contribution in [2.45, 2.75) is 0 Å². The minimum absolute atomic E-state index is 0.908. The fourth-order valence-electron chi connectivity index (χ4n) is 7.60. The molecule has 0 aliphatic carbocycles. The van der Waals surface area contributed by atoms with Gasteiger partial charge in [-0.1, -0.05) is 121 Å². The van der Waals surface area contributed by atoms with Gasteiger partial charge in [0.25, 0.3) is 0 Å². The average molecular weight is 586 g/mol. The molecule has 0 saturated heterocycles. The Morgan fingerprint density at radius 2 is 1.00 bits per heavy atom. The molecular weight excluding hydrogens is 558 g/mol. The van der Waals surface area contributed by atoms with Gasteiger partial charge in [0.15, 0.2) is 0 Å². The van der Waals surface area contributed by atoms with E-state index in [0.717, 1.165) is 17.1 Å². The smallest absolute Gasteiger partial charge is 0.135 e. The van der Waals surface area contributed by atoms with Crippen molar-refractivity contribution in [3.63, 3.8) is 0 Å². The first-order valence-corrected chi connectivity index (χ1v) is 15.8. The molecule has 1 aliphatic rings. The standard InChI is InChI=1S/C44H27NO/c1-2-13-29(14-3-1)45-40-22-8-6-17-34(40)39-26-28-12-10-19-32(38(28)27-41(39)45)30-15-4-5-16-31(30)33-24-25-43-44-36(33)20-11-21-37(44)35-18-7-9-23-42(35)46-43/h1-27H. The summed E-state index contributed by atoms with van der Waals surface area (Å²) < 4.78 is 8.82. The third kappa shape index (κ3) is 3.59. The summed E-state index contributed by atoms with van der Waals surface area (Å²) in [6.07, 6.45) is 0. The number of ether oxygens (including phenoxy) is 1. The zero-order chi connectivity index (χ0) is 30.2. The molecular formula is C44H27NO. The number of benzene rings is 8. The van der Waals surface area contributed by atoms with E-state index in [9.17, 15) is 0 Å². The first-order chi connectivity index (χ1) is 22.8. The molecule has 1 aliphatic heterocycles. The molecule has 9 aromatic rings. The van der Waals surface area contributed by atoms with Crippen molar-refractivity contribution < 1.29 is 4.74 Å². The van der Waals surface area contributed by atoms with E-state index in [2.05, 4.69) is 162 Å². The minimum Gasteiger partial charge on any atom is -0.456 e. The second-order valence-electron chi connectivity index (χ2n) is 12.1. The second kappa shape index (κ2) is 9.69. The largest absolute Gasteiger partial charge is 0.456 e. The molecule has 8 aromatic carbocycles. The number of para-hydroxylation sites is 3. The van der Waals surface area contributed by atoms with Gasteiger partial charge >= 0.3 is 0 Å². The maximum Gasteiger partial charge on any atom is 0.135 e. The van der Waals surface area contributed by atoms with Gasteiger partial charge in [-0.3, -0.25) is 0 Å². The molecule has 0 bridgehead atoms. The summed E-state index contributed by atoms with van der Waals surface area (Å²) in [7, 11) is 0. The highest BCUT2D eigenvalue weighted by atomic mass is 16.5. The van der Waals surface area contributed by atoms with Crippen molar-refractivity contribution in [2.24, 2.45) is 0 Å². The lowest BCUT2D eigenvalue weighted by Gasteiger charge is -2.23. The molecule has 0 N–H and O–H groups in total. The van der Waals surface area contributed by atoms with Crippen LogP contribution in [-0.2, 0) is 0 Å². The number of hydrogen-bond donors (Lipinski definition) is 0. The fourth-order valence-corrected chi connectivity index (χ4v) is 7.60. The zero-order valence-electron chi connectivity index (χ0n) is 24.9. The highest BCUT2D eigenvalue weighted by molar-refractivity contribution is 6.17. The van der Waals surface area contributed by atoms with Gasteiger partial charge in [-0.2, -0.15) is 0 Å². The number of aromatic nitrogens is 1. The lowest BCUT2D eigenvalue weighted by molar-refractivity contribution is 0.487. The van der Waals surface area contributed by atoms with Gasteiger partial charge in [0.2, 0.25) is 0 Å². The van der Waals surface area contributed by atoms with Gasteiger partial charge in [0.1, 0.15) is 11.5 Å². The van der Waals surface area contributed by atoms with Crippen LogP contribution in [-0.4, -0.2) is 4.57 Å². The number of nitrogens with zero attached hydrogens (tertiary/aromatic N) is 1. The summed E-state index contributed by atoms with van der Waals surface area (Å²) in [5.74, 6) is 1.82. The van der Waals surface area contributed by atoms with E-state index in [4.69, 9.17) is 4.74 Å². The molecule has 0 saturated carbocycles. The maximum atomic E-state index is 6.42. The Kier molecular flexibility index (Phi) is 5.31. The topological polar surface area (TPSA) is 14.2 Å². The first-order valence-electron chi connectivity index (χ1n) is 15.8.